The van der Waals surface area contributed by atoms with Crippen molar-refractivity contribution in [1.29, 1.82) is 0 Å². The van der Waals surface area contributed by atoms with Crippen molar-refractivity contribution in [2.45, 2.75) is 83.2 Å². The van der Waals surface area contributed by atoms with E-state index in [-0.39, 0.29) is 12.1 Å². The second-order valence-electron chi connectivity index (χ2n) is 5.94. The number of carboxylic acids is 1. The van der Waals surface area contributed by atoms with E-state index in [1.807, 2.05) is 6.92 Å². The van der Waals surface area contributed by atoms with Gasteiger partial charge in [-0.3, -0.25) is 0 Å². The Morgan fingerprint density at radius 1 is 1.20 bits per heavy atom. The van der Waals surface area contributed by atoms with Gasteiger partial charge < -0.3 is 15.7 Å². The molecular weight excluding hydrogens is 256 g/mol. The van der Waals surface area contributed by atoms with Gasteiger partial charge in [-0.25, -0.2) is 9.59 Å². The molecule has 0 bridgehead atoms. The second kappa shape index (κ2) is 8.12. The van der Waals surface area contributed by atoms with Crippen LogP contribution in [0.5, 0.6) is 0 Å². The highest BCUT2D eigenvalue weighted by molar-refractivity contribution is 5.86. The summed E-state index contributed by atoms with van der Waals surface area (Å²) < 4.78 is 0. The third-order valence-electron chi connectivity index (χ3n) is 4.09. The maximum Gasteiger partial charge on any atom is 0.329 e. The fourth-order valence-electron chi connectivity index (χ4n) is 2.78. The van der Waals surface area contributed by atoms with Gasteiger partial charge in [-0.05, 0) is 26.2 Å². The Kier molecular flexibility index (Phi) is 6.82. The van der Waals surface area contributed by atoms with Gasteiger partial charge in [-0.1, -0.05) is 45.4 Å². The monoisotopic (exact) mass is 284 g/mol. The van der Waals surface area contributed by atoms with E-state index in [2.05, 4.69) is 17.6 Å². The molecule has 1 saturated carbocycles. The minimum atomic E-state index is -1.08. The topological polar surface area (TPSA) is 78.4 Å². The van der Waals surface area contributed by atoms with Crippen molar-refractivity contribution < 1.29 is 14.7 Å². The van der Waals surface area contributed by atoms with Gasteiger partial charge in [0.2, 0.25) is 0 Å². The van der Waals surface area contributed by atoms with Gasteiger partial charge in [0.15, 0.2) is 0 Å². The quantitative estimate of drug-likeness (QED) is 0.656. The predicted octanol–water partition coefficient (Wildman–Crippen LogP) is 3.04. The lowest BCUT2D eigenvalue weighted by atomic mass is 9.90. The summed E-state index contributed by atoms with van der Waals surface area (Å²) in [6.45, 7) is 4.06. The first-order chi connectivity index (χ1) is 9.50. The van der Waals surface area contributed by atoms with E-state index in [9.17, 15) is 14.7 Å². The number of hydrogen-bond donors (Lipinski definition) is 3. The van der Waals surface area contributed by atoms with E-state index >= 15 is 0 Å². The molecule has 116 valence electrons. The fourth-order valence-corrected chi connectivity index (χ4v) is 2.78. The molecule has 0 radical (unpaired) electrons. The van der Waals surface area contributed by atoms with Crippen LogP contribution in [-0.2, 0) is 4.79 Å². The smallest absolute Gasteiger partial charge is 0.329 e. The number of nitrogens with one attached hydrogen (secondary N) is 2. The molecule has 1 rings (SSSR count). The van der Waals surface area contributed by atoms with Gasteiger partial charge in [0, 0.05) is 6.04 Å². The molecule has 0 heterocycles. The summed E-state index contributed by atoms with van der Waals surface area (Å²) in [4.78, 5) is 23.6. The van der Waals surface area contributed by atoms with Gasteiger partial charge in [0.1, 0.15) is 5.54 Å². The first kappa shape index (κ1) is 16.8. The molecule has 1 atom stereocenters. The van der Waals surface area contributed by atoms with Gasteiger partial charge in [0.05, 0.1) is 0 Å². The number of carboxylic acid groups (broad SMARTS) is 1. The summed E-state index contributed by atoms with van der Waals surface area (Å²) in [5.41, 5.74) is -1.08. The van der Waals surface area contributed by atoms with E-state index in [1.165, 1.54) is 0 Å². The Morgan fingerprint density at radius 3 is 2.30 bits per heavy atom. The molecule has 1 unspecified atom stereocenters. The molecule has 0 aromatic heterocycles. The van der Waals surface area contributed by atoms with Crippen molar-refractivity contribution in [3.63, 3.8) is 0 Å². The van der Waals surface area contributed by atoms with E-state index in [1.54, 1.807) is 0 Å². The summed E-state index contributed by atoms with van der Waals surface area (Å²) >= 11 is 0. The zero-order valence-corrected chi connectivity index (χ0v) is 12.7. The summed E-state index contributed by atoms with van der Waals surface area (Å²) in [5.74, 6) is -0.907. The average Bonchev–Trinajstić information content (AvgIpc) is 2.62. The van der Waals surface area contributed by atoms with E-state index in [0.717, 1.165) is 44.9 Å². The third-order valence-corrected chi connectivity index (χ3v) is 4.09. The maximum atomic E-state index is 12.0. The highest BCUT2D eigenvalue weighted by Crippen LogP contribution is 2.27. The van der Waals surface area contributed by atoms with Crippen LogP contribution in [-0.4, -0.2) is 28.7 Å². The van der Waals surface area contributed by atoms with Crippen LogP contribution in [0.3, 0.4) is 0 Å². The number of amides is 2. The van der Waals surface area contributed by atoms with Crippen LogP contribution in [0.2, 0.25) is 0 Å². The Bertz CT molecular complexity index is 323. The van der Waals surface area contributed by atoms with Crippen molar-refractivity contribution in [2.24, 2.45) is 0 Å². The zero-order chi connectivity index (χ0) is 15.0. The van der Waals surface area contributed by atoms with Crippen LogP contribution in [0, 0.1) is 0 Å². The number of rotatable bonds is 6. The van der Waals surface area contributed by atoms with Crippen LogP contribution in [0.4, 0.5) is 4.79 Å². The number of carbonyl (C=O) groups excluding carboxylic acids is 1. The molecule has 1 fully saturated rings. The van der Waals surface area contributed by atoms with Crippen molar-refractivity contribution in [2.75, 3.05) is 0 Å². The number of aliphatic carboxylic acids is 1. The number of urea groups is 1. The molecule has 5 nitrogen and oxygen atoms in total. The highest BCUT2D eigenvalue weighted by atomic mass is 16.4. The Hall–Kier alpha value is -1.26. The van der Waals surface area contributed by atoms with E-state index in [0.29, 0.717) is 12.8 Å². The van der Waals surface area contributed by atoms with Crippen molar-refractivity contribution in [3.8, 4) is 0 Å². The van der Waals surface area contributed by atoms with Crippen LogP contribution in [0.15, 0.2) is 0 Å². The Balaban J connectivity index is 2.56. The normalized spacial score (nSPS) is 19.7. The molecule has 1 aliphatic rings. The van der Waals surface area contributed by atoms with Crippen molar-refractivity contribution in [3.05, 3.63) is 0 Å². The standard InChI is InChI=1S/C15H28N2O3/c1-3-4-9-12(2)16-14(20)17-15(13(18)19)10-7-5-6-8-11-15/h12H,3-11H2,1-2H3,(H,18,19)(H2,16,17,20). The SMILES string of the molecule is CCCCC(C)NC(=O)NC1(C(=O)O)CCCCCC1. The average molecular weight is 284 g/mol. The van der Waals surface area contributed by atoms with Gasteiger partial charge in [0.25, 0.3) is 0 Å². The summed E-state index contributed by atoms with van der Waals surface area (Å²) in [6.07, 6.45) is 7.94. The lowest BCUT2D eigenvalue weighted by Crippen LogP contribution is -2.57. The first-order valence-electron chi connectivity index (χ1n) is 7.82. The minimum absolute atomic E-state index is 0.0755. The van der Waals surface area contributed by atoms with E-state index < -0.39 is 11.5 Å². The molecule has 0 saturated heterocycles. The molecule has 0 spiro atoms. The lowest BCUT2D eigenvalue weighted by Gasteiger charge is -2.30. The molecule has 5 heteroatoms. The zero-order valence-electron chi connectivity index (χ0n) is 12.7. The molecule has 0 aromatic carbocycles. The largest absolute Gasteiger partial charge is 0.480 e. The number of unbranched alkanes of at least 4 members (excludes halogenated alkanes) is 1. The molecule has 20 heavy (non-hydrogen) atoms. The maximum absolute atomic E-state index is 12.0. The van der Waals surface area contributed by atoms with Crippen LogP contribution in [0.25, 0.3) is 0 Å². The summed E-state index contributed by atoms with van der Waals surface area (Å²) in [5, 5.41) is 15.1. The molecule has 2 amide bonds. The first-order valence-corrected chi connectivity index (χ1v) is 7.82. The fraction of sp³-hybridized carbons (Fsp3) is 0.867. The summed E-state index contributed by atoms with van der Waals surface area (Å²) in [6, 6.07) is -0.274. The van der Waals surface area contributed by atoms with Crippen LogP contribution in [0.1, 0.15) is 71.6 Å². The van der Waals surface area contributed by atoms with Crippen molar-refractivity contribution in [1.82, 2.24) is 10.6 Å². The number of carbonyl (C=O) groups is 2. The third kappa shape index (κ3) is 5.02. The molecule has 1 aliphatic carbocycles. The highest BCUT2D eigenvalue weighted by Gasteiger charge is 2.40. The molecule has 0 aliphatic heterocycles. The van der Waals surface area contributed by atoms with Crippen molar-refractivity contribution >= 4 is 12.0 Å². The number of hydrogen-bond acceptors (Lipinski definition) is 2. The summed E-state index contributed by atoms with van der Waals surface area (Å²) in [7, 11) is 0. The van der Waals surface area contributed by atoms with E-state index in [4.69, 9.17) is 0 Å². The molecular formula is C15H28N2O3. The molecule has 0 aromatic rings. The van der Waals surface area contributed by atoms with Crippen LogP contribution < -0.4 is 10.6 Å². The Labute approximate surface area is 121 Å². The second-order valence-corrected chi connectivity index (χ2v) is 5.94. The molecule has 3 N–H and O–H groups in total. The van der Waals surface area contributed by atoms with Crippen LogP contribution >= 0.6 is 0 Å². The minimum Gasteiger partial charge on any atom is -0.480 e. The predicted molar refractivity (Wildman–Crippen MR) is 78.7 cm³/mol. The van der Waals surface area contributed by atoms with Gasteiger partial charge in [-0.2, -0.15) is 0 Å². The Morgan fingerprint density at radius 2 is 1.80 bits per heavy atom. The lowest BCUT2D eigenvalue weighted by molar-refractivity contribution is -0.145. The van der Waals surface area contributed by atoms with Gasteiger partial charge in [-0.15, -0.1) is 0 Å². The van der Waals surface area contributed by atoms with Gasteiger partial charge >= 0.3 is 12.0 Å².